The van der Waals surface area contributed by atoms with Crippen LogP contribution in [0.4, 0.5) is 0 Å². The smallest absolute Gasteiger partial charge is 0.223 e. The minimum atomic E-state index is 0.334. The van der Waals surface area contributed by atoms with Crippen LogP contribution in [0.15, 0.2) is 30.3 Å². The summed E-state index contributed by atoms with van der Waals surface area (Å²) in [4.78, 5) is 14.0. The van der Waals surface area contributed by atoms with Gasteiger partial charge in [-0.25, -0.2) is 0 Å². The van der Waals surface area contributed by atoms with E-state index >= 15 is 0 Å². The molecule has 1 heterocycles. The fraction of sp³-hybridized carbons (Fsp3) is 0.533. The van der Waals surface area contributed by atoms with Gasteiger partial charge in [0, 0.05) is 18.5 Å². The van der Waals surface area contributed by atoms with Crippen LogP contribution in [0.3, 0.4) is 0 Å². The first-order valence-electron chi connectivity index (χ1n) is 6.57. The van der Waals surface area contributed by atoms with Gasteiger partial charge in [-0.3, -0.25) is 4.79 Å². The lowest BCUT2D eigenvalue weighted by molar-refractivity contribution is -0.130. The van der Waals surface area contributed by atoms with Crippen molar-refractivity contribution in [3.63, 3.8) is 0 Å². The maximum Gasteiger partial charge on any atom is 0.223 e. The van der Waals surface area contributed by atoms with Gasteiger partial charge in [-0.1, -0.05) is 37.3 Å². The Morgan fingerprint density at radius 2 is 2.06 bits per heavy atom. The highest BCUT2D eigenvalue weighted by molar-refractivity contribution is 5.79. The number of nitrogens with zero attached hydrogens (tertiary/aromatic N) is 1. The highest BCUT2D eigenvalue weighted by atomic mass is 16.2. The fourth-order valence-corrected chi connectivity index (χ4v) is 2.65. The number of benzene rings is 1. The summed E-state index contributed by atoms with van der Waals surface area (Å²) in [6.45, 7) is 4.30. The molecule has 1 aliphatic rings. The lowest BCUT2D eigenvalue weighted by Crippen LogP contribution is -2.41. The van der Waals surface area contributed by atoms with Crippen LogP contribution in [-0.4, -0.2) is 22.9 Å². The van der Waals surface area contributed by atoms with Gasteiger partial charge in [0.15, 0.2) is 0 Å². The first kappa shape index (κ1) is 12.2. The molecule has 0 saturated carbocycles. The Morgan fingerprint density at radius 3 is 2.71 bits per heavy atom. The third kappa shape index (κ3) is 2.68. The molecule has 1 aliphatic heterocycles. The van der Waals surface area contributed by atoms with E-state index in [2.05, 4.69) is 43.0 Å². The number of carbonyl (C=O) groups is 1. The zero-order valence-electron chi connectivity index (χ0n) is 10.7. The van der Waals surface area contributed by atoms with E-state index in [-0.39, 0.29) is 0 Å². The Morgan fingerprint density at radius 1 is 1.35 bits per heavy atom. The monoisotopic (exact) mass is 231 g/mol. The number of rotatable bonds is 4. The molecule has 1 unspecified atom stereocenters. The molecule has 2 nitrogen and oxygen atoms in total. The standard InChI is InChI=1S/C15H21NO/c1-3-12(2)16-14(9-10-15(16)17)11-13-7-5-4-6-8-13/h4-8,12,14H,3,9-11H2,1-2H3/t12?,14-/m1/s1. The lowest BCUT2D eigenvalue weighted by atomic mass is 10.0. The van der Waals surface area contributed by atoms with Crippen LogP contribution in [0.5, 0.6) is 0 Å². The molecule has 2 heteroatoms. The molecule has 0 radical (unpaired) electrons. The Bertz CT molecular complexity index is 374. The highest BCUT2D eigenvalue weighted by Gasteiger charge is 2.33. The molecule has 92 valence electrons. The first-order chi connectivity index (χ1) is 8.22. The quantitative estimate of drug-likeness (QED) is 0.780. The molecular formula is C15H21NO. The van der Waals surface area contributed by atoms with Gasteiger partial charge in [0.25, 0.3) is 0 Å². The van der Waals surface area contributed by atoms with Crippen molar-refractivity contribution < 1.29 is 4.79 Å². The van der Waals surface area contributed by atoms with E-state index in [0.29, 0.717) is 18.0 Å². The lowest BCUT2D eigenvalue weighted by Gasteiger charge is -2.30. The van der Waals surface area contributed by atoms with Gasteiger partial charge < -0.3 is 4.90 Å². The van der Waals surface area contributed by atoms with Gasteiger partial charge in [-0.15, -0.1) is 0 Å². The Balaban J connectivity index is 2.07. The van der Waals surface area contributed by atoms with E-state index in [4.69, 9.17) is 0 Å². The van der Waals surface area contributed by atoms with Gasteiger partial charge in [-0.2, -0.15) is 0 Å². The number of amides is 1. The van der Waals surface area contributed by atoms with Crippen LogP contribution in [0.2, 0.25) is 0 Å². The number of carbonyl (C=O) groups excluding carboxylic acids is 1. The first-order valence-corrected chi connectivity index (χ1v) is 6.57. The fourth-order valence-electron chi connectivity index (χ4n) is 2.65. The molecule has 2 rings (SSSR count). The summed E-state index contributed by atoms with van der Waals surface area (Å²) in [7, 11) is 0. The molecule has 1 amide bonds. The molecule has 0 spiro atoms. The van der Waals surface area contributed by atoms with Crippen molar-refractivity contribution in [3.05, 3.63) is 35.9 Å². The van der Waals surface area contributed by atoms with Crippen molar-refractivity contribution in [3.8, 4) is 0 Å². The number of likely N-dealkylation sites (tertiary alicyclic amines) is 1. The molecule has 17 heavy (non-hydrogen) atoms. The number of hydrogen-bond donors (Lipinski definition) is 0. The summed E-state index contributed by atoms with van der Waals surface area (Å²) in [6, 6.07) is 11.3. The molecule has 1 fully saturated rings. The maximum absolute atomic E-state index is 11.9. The summed E-state index contributed by atoms with van der Waals surface area (Å²) < 4.78 is 0. The van der Waals surface area contributed by atoms with Crippen LogP contribution in [0.25, 0.3) is 0 Å². The molecule has 0 aliphatic carbocycles. The van der Waals surface area contributed by atoms with Gasteiger partial charge >= 0.3 is 0 Å². The minimum Gasteiger partial charge on any atom is -0.337 e. The minimum absolute atomic E-state index is 0.334. The number of hydrogen-bond acceptors (Lipinski definition) is 1. The van der Waals surface area contributed by atoms with Crippen molar-refractivity contribution in [1.29, 1.82) is 0 Å². The summed E-state index contributed by atoms with van der Waals surface area (Å²) >= 11 is 0. The molecule has 2 atom stereocenters. The van der Waals surface area contributed by atoms with E-state index in [1.54, 1.807) is 0 Å². The second kappa shape index (κ2) is 5.35. The molecule has 1 aromatic rings. The van der Waals surface area contributed by atoms with Crippen LogP contribution in [-0.2, 0) is 11.2 Å². The summed E-state index contributed by atoms with van der Waals surface area (Å²) in [5, 5.41) is 0. The SMILES string of the molecule is CCC(C)N1C(=O)CC[C@@H]1Cc1ccccc1. The van der Waals surface area contributed by atoms with Gasteiger partial charge in [0.1, 0.15) is 0 Å². The van der Waals surface area contributed by atoms with Crippen LogP contribution < -0.4 is 0 Å². The van der Waals surface area contributed by atoms with E-state index in [0.717, 1.165) is 25.7 Å². The Hall–Kier alpha value is -1.31. The maximum atomic E-state index is 11.9. The summed E-state index contributed by atoms with van der Waals surface area (Å²) in [5.41, 5.74) is 1.33. The molecule has 1 saturated heterocycles. The second-order valence-electron chi connectivity index (χ2n) is 4.94. The molecule has 0 bridgehead atoms. The van der Waals surface area contributed by atoms with Crippen LogP contribution >= 0.6 is 0 Å². The normalized spacial score (nSPS) is 21.9. The molecule has 0 aromatic heterocycles. The summed E-state index contributed by atoms with van der Waals surface area (Å²) in [5.74, 6) is 0.334. The predicted molar refractivity (Wildman–Crippen MR) is 69.8 cm³/mol. The van der Waals surface area contributed by atoms with Crippen molar-refractivity contribution >= 4 is 5.91 Å². The Kier molecular flexibility index (Phi) is 3.82. The average molecular weight is 231 g/mol. The highest BCUT2D eigenvalue weighted by Crippen LogP contribution is 2.25. The van der Waals surface area contributed by atoms with E-state index in [9.17, 15) is 4.79 Å². The van der Waals surface area contributed by atoms with E-state index in [1.165, 1.54) is 5.56 Å². The average Bonchev–Trinajstić information content (AvgIpc) is 2.71. The van der Waals surface area contributed by atoms with Crippen LogP contribution in [0.1, 0.15) is 38.7 Å². The molecule has 1 aromatic carbocycles. The van der Waals surface area contributed by atoms with Gasteiger partial charge in [0.2, 0.25) is 5.91 Å². The van der Waals surface area contributed by atoms with Crippen molar-refractivity contribution in [2.24, 2.45) is 0 Å². The van der Waals surface area contributed by atoms with E-state index in [1.807, 2.05) is 6.07 Å². The largest absolute Gasteiger partial charge is 0.337 e. The van der Waals surface area contributed by atoms with Crippen molar-refractivity contribution in [1.82, 2.24) is 4.90 Å². The van der Waals surface area contributed by atoms with Gasteiger partial charge in [-0.05, 0) is 31.7 Å². The summed E-state index contributed by atoms with van der Waals surface area (Å²) in [6.07, 6.45) is 3.77. The molecule has 0 N–H and O–H groups in total. The third-order valence-electron chi connectivity index (χ3n) is 3.75. The van der Waals surface area contributed by atoms with Gasteiger partial charge in [0.05, 0.1) is 0 Å². The topological polar surface area (TPSA) is 20.3 Å². The second-order valence-corrected chi connectivity index (χ2v) is 4.94. The zero-order chi connectivity index (χ0) is 12.3. The van der Waals surface area contributed by atoms with Crippen LogP contribution in [0, 0.1) is 0 Å². The third-order valence-corrected chi connectivity index (χ3v) is 3.75. The van der Waals surface area contributed by atoms with E-state index < -0.39 is 0 Å². The van der Waals surface area contributed by atoms with Crippen molar-refractivity contribution in [2.75, 3.05) is 0 Å². The zero-order valence-corrected chi connectivity index (χ0v) is 10.7. The predicted octanol–water partition coefficient (Wildman–Crippen LogP) is 3.02. The molecular weight excluding hydrogens is 210 g/mol. The Labute approximate surface area is 104 Å². The van der Waals surface area contributed by atoms with Crippen molar-refractivity contribution in [2.45, 2.75) is 51.6 Å².